The van der Waals surface area contributed by atoms with Crippen LogP contribution in [0.15, 0.2) is 255 Å². The summed E-state index contributed by atoms with van der Waals surface area (Å²) in [7, 11) is 0. The number of aromatic nitrogens is 3. The second kappa shape index (κ2) is 17.7. The van der Waals surface area contributed by atoms with Crippen molar-refractivity contribution in [1.29, 1.82) is 0 Å². The molecule has 0 spiro atoms. The van der Waals surface area contributed by atoms with Crippen LogP contribution in [0.4, 0.5) is 5.69 Å². The van der Waals surface area contributed by atoms with E-state index in [-0.39, 0.29) is 6.17 Å². The Kier molecular flexibility index (Phi) is 10.5. The van der Waals surface area contributed by atoms with Crippen LogP contribution in [0.3, 0.4) is 0 Å². The van der Waals surface area contributed by atoms with Crippen LogP contribution in [0, 0.1) is 0 Å². The van der Waals surface area contributed by atoms with E-state index < -0.39 is 0 Å². The molecule has 4 heterocycles. The molecule has 11 aromatic rings. The molecule has 1 unspecified atom stereocenters. The van der Waals surface area contributed by atoms with Crippen molar-refractivity contribution in [2.24, 2.45) is 0 Å². The Labute approximate surface area is 396 Å². The molecule has 68 heavy (non-hydrogen) atoms. The zero-order valence-corrected chi connectivity index (χ0v) is 37.2. The number of fused-ring (bicyclic) bond motifs is 3. The van der Waals surface area contributed by atoms with Crippen molar-refractivity contribution >= 4 is 33.2 Å². The summed E-state index contributed by atoms with van der Waals surface area (Å²) in [5.74, 6) is 0.834. The molecule has 1 atom stereocenters. The van der Waals surface area contributed by atoms with Crippen LogP contribution in [-0.4, -0.2) is 20.7 Å². The van der Waals surface area contributed by atoms with Gasteiger partial charge in [0.05, 0.1) is 33.8 Å². The molecule has 0 amide bonds. The topological polar surface area (TPSA) is 54.8 Å². The number of nitrogens with zero attached hydrogens (tertiary/aromatic N) is 3. The molecule has 5 heteroatoms. The van der Waals surface area contributed by atoms with Gasteiger partial charge in [-0.05, 0) is 129 Å². The van der Waals surface area contributed by atoms with Crippen molar-refractivity contribution in [3.63, 3.8) is 0 Å². The smallest absolute Gasteiger partial charge is 0.138 e. The first-order valence-electron chi connectivity index (χ1n) is 23.1. The number of hydrogen-bond acceptors (Lipinski definition) is 4. The van der Waals surface area contributed by atoms with Gasteiger partial charge in [0.15, 0.2) is 0 Å². The Morgan fingerprint density at radius 1 is 0.382 bits per heavy atom. The summed E-state index contributed by atoms with van der Waals surface area (Å²) in [5.41, 5.74) is 18.3. The number of rotatable bonds is 10. The lowest BCUT2D eigenvalue weighted by molar-refractivity contribution is 0.789. The molecule has 322 valence electrons. The van der Waals surface area contributed by atoms with Crippen LogP contribution in [0.2, 0.25) is 0 Å². The SMILES string of the molecule is C1=CC(Nc2ccc(-c3ccccc3)cc2-c2cccc(-c3ccccc3)c2)NC(c2cccc(-c3cccc(-n4c5ccc(-c6ccccc6)cc5c5cc(-c6ccccc6)ccc54)n3)n2)=C1. The zero-order chi connectivity index (χ0) is 45.2. The van der Waals surface area contributed by atoms with Crippen LogP contribution in [-0.2, 0) is 0 Å². The summed E-state index contributed by atoms with van der Waals surface area (Å²) in [6, 6.07) is 83.7. The molecule has 3 aromatic heterocycles. The van der Waals surface area contributed by atoms with Gasteiger partial charge in [0, 0.05) is 22.0 Å². The number of benzene rings is 8. The molecule has 0 fully saturated rings. The van der Waals surface area contributed by atoms with E-state index in [0.717, 1.165) is 62.0 Å². The predicted octanol–water partition coefficient (Wildman–Crippen LogP) is 15.5. The van der Waals surface area contributed by atoms with Gasteiger partial charge < -0.3 is 10.6 Å². The number of hydrogen-bond donors (Lipinski definition) is 2. The van der Waals surface area contributed by atoms with Crippen LogP contribution < -0.4 is 10.6 Å². The molecule has 0 saturated heterocycles. The van der Waals surface area contributed by atoms with Crippen molar-refractivity contribution in [3.8, 4) is 72.8 Å². The van der Waals surface area contributed by atoms with Gasteiger partial charge in [-0.2, -0.15) is 0 Å². The van der Waals surface area contributed by atoms with E-state index in [1.807, 2.05) is 12.1 Å². The van der Waals surface area contributed by atoms with Crippen molar-refractivity contribution in [1.82, 2.24) is 19.9 Å². The normalized spacial score (nSPS) is 13.3. The number of allylic oxidation sites excluding steroid dienone is 2. The van der Waals surface area contributed by atoms with Crippen molar-refractivity contribution in [2.45, 2.75) is 6.17 Å². The summed E-state index contributed by atoms with van der Waals surface area (Å²) in [6.07, 6.45) is 6.13. The minimum absolute atomic E-state index is 0.194. The van der Waals surface area contributed by atoms with Crippen molar-refractivity contribution in [3.05, 3.63) is 261 Å². The summed E-state index contributed by atoms with van der Waals surface area (Å²) in [5, 5.41) is 9.93. The van der Waals surface area contributed by atoms with E-state index in [9.17, 15) is 0 Å². The molecule has 8 aromatic carbocycles. The fourth-order valence-electron chi connectivity index (χ4n) is 9.46. The van der Waals surface area contributed by atoms with Crippen molar-refractivity contribution < 1.29 is 0 Å². The molecule has 12 rings (SSSR count). The minimum Gasteiger partial charge on any atom is -0.362 e. The van der Waals surface area contributed by atoms with Gasteiger partial charge in [0.25, 0.3) is 0 Å². The maximum atomic E-state index is 5.33. The Morgan fingerprint density at radius 3 is 1.46 bits per heavy atom. The average molecular weight is 872 g/mol. The largest absolute Gasteiger partial charge is 0.362 e. The lowest BCUT2D eigenvalue weighted by Crippen LogP contribution is -2.35. The Morgan fingerprint density at radius 2 is 0.853 bits per heavy atom. The van der Waals surface area contributed by atoms with E-state index in [1.165, 1.54) is 49.7 Å². The van der Waals surface area contributed by atoms with Gasteiger partial charge in [-0.25, -0.2) is 9.97 Å². The number of dihydropyridines is 1. The van der Waals surface area contributed by atoms with Gasteiger partial charge in [-0.15, -0.1) is 0 Å². The second-order valence-electron chi connectivity index (χ2n) is 17.1. The Balaban J connectivity index is 0.860. The first kappa shape index (κ1) is 40.4. The fourth-order valence-corrected chi connectivity index (χ4v) is 9.46. The lowest BCUT2D eigenvalue weighted by atomic mass is 9.94. The average Bonchev–Trinajstić information content (AvgIpc) is 3.75. The van der Waals surface area contributed by atoms with Gasteiger partial charge in [-0.1, -0.05) is 176 Å². The molecule has 0 radical (unpaired) electrons. The third-order valence-electron chi connectivity index (χ3n) is 12.8. The summed E-state index contributed by atoms with van der Waals surface area (Å²) < 4.78 is 2.28. The van der Waals surface area contributed by atoms with Crippen LogP contribution in [0.25, 0.3) is 100 Å². The van der Waals surface area contributed by atoms with Gasteiger partial charge in [0.2, 0.25) is 0 Å². The number of pyridine rings is 2. The highest BCUT2D eigenvalue weighted by molar-refractivity contribution is 6.11. The minimum atomic E-state index is -0.194. The maximum absolute atomic E-state index is 5.33. The molecule has 0 aliphatic carbocycles. The second-order valence-corrected chi connectivity index (χ2v) is 17.1. The van der Waals surface area contributed by atoms with E-state index in [4.69, 9.17) is 9.97 Å². The third-order valence-corrected chi connectivity index (χ3v) is 12.8. The predicted molar refractivity (Wildman–Crippen MR) is 283 cm³/mol. The standard InChI is InChI=1S/C63H45N5/c1-5-17-43(18-6-1)47-25-13-26-51(39-47)52-40-48(44-19-7-2-8-20-44)33-36-55(52)65-62-31-15-29-58(66-62)56-27-14-28-57(64-56)59-30-16-32-63(67-59)68-60-37-34-49(45-21-9-3-10-22-45)41-53(60)54-42-50(35-38-61(54)68)46-23-11-4-12-24-46/h1-42,62,65-66H. The molecule has 2 N–H and O–H groups in total. The number of anilines is 1. The molecular weight excluding hydrogens is 827 g/mol. The number of nitrogens with one attached hydrogen (secondary N) is 2. The lowest BCUT2D eigenvalue weighted by Gasteiger charge is -2.25. The molecule has 0 saturated carbocycles. The zero-order valence-electron chi connectivity index (χ0n) is 37.2. The molecule has 0 bridgehead atoms. The maximum Gasteiger partial charge on any atom is 0.138 e. The highest BCUT2D eigenvalue weighted by Gasteiger charge is 2.19. The van der Waals surface area contributed by atoms with E-state index >= 15 is 0 Å². The van der Waals surface area contributed by atoms with E-state index in [1.54, 1.807) is 0 Å². The van der Waals surface area contributed by atoms with Crippen LogP contribution in [0.5, 0.6) is 0 Å². The first-order valence-corrected chi connectivity index (χ1v) is 23.1. The molecule has 1 aliphatic rings. The first-order chi connectivity index (χ1) is 33.7. The Hall–Kier alpha value is -9.06. The third kappa shape index (κ3) is 7.93. The van der Waals surface area contributed by atoms with E-state index in [0.29, 0.717) is 0 Å². The highest BCUT2D eigenvalue weighted by Crippen LogP contribution is 2.39. The summed E-state index contributed by atoms with van der Waals surface area (Å²) in [6.45, 7) is 0. The molecular formula is C63H45N5. The fraction of sp³-hybridized carbons (Fsp3) is 0.0159. The molecule has 1 aliphatic heterocycles. The van der Waals surface area contributed by atoms with Crippen LogP contribution in [0.1, 0.15) is 5.69 Å². The quantitative estimate of drug-likeness (QED) is 0.144. The van der Waals surface area contributed by atoms with Gasteiger partial charge in [-0.3, -0.25) is 4.57 Å². The van der Waals surface area contributed by atoms with Crippen molar-refractivity contribution in [2.75, 3.05) is 5.32 Å². The Bertz CT molecular complexity index is 3570. The molecule has 5 nitrogen and oxygen atoms in total. The highest BCUT2D eigenvalue weighted by atomic mass is 15.1. The monoisotopic (exact) mass is 871 g/mol. The van der Waals surface area contributed by atoms with E-state index in [2.05, 4.69) is 258 Å². The van der Waals surface area contributed by atoms with Gasteiger partial charge >= 0.3 is 0 Å². The van der Waals surface area contributed by atoms with Crippen LogP contribution >= 0.6 is 0 Å². The summed E-state index contributed by atoms with van der Waals surface area (Å²) >= 11 is 0. The van der Waals surface area contributed by atoms with Gasteiger partial charge in [0.1, 0.15) is 12.0 Å². The summed E-state index contributed by atoms with van der Waals surface area (Å²) in [4.78, 5) is 10.6.